The average molecular weight is 258 g/mol. The summed E-state index contributed by atoms with van der Waals surface area (Å²) in [5.74, 6) is 1.14. The highest BCUT2D eigenvalue weighted by molar-refractivity contribution is 7.84. The van der Waals surface area contributed by atoms with Crippen LogP contribution in [0.5, 0.6) is 0 Å². The molecule has 0 amide bonds. The molecule has 0 bridgehead atoms. The molecule has 94 valence electrons. The fourth-order valence-electron chi connectivity index (χ4n) is 1.18. The number of pyridine rings is 1. The normalized spacial score (nSPS) is 11.9. The third-order valence-electron chi connectivity index (χ3n) is 2.01. The van der Waals surface area contributed by atoms with E-state index in [1.165, 1.54) is 12.1 Å². The second-order valence-corrected chi connectivity index (χ2v) is 4.83. The smallest absolute Gasteiger partial charge is 0.311 e. The first kappa shape index (κ1) is 13.4. The van der Waals surface area contributed by atoms with E-state index >= 15 is 0 Å². The summed E-state index contributed by atoms with van der Waals surface area (Å²) < 4.78 is 10.9. The van der Waals surface area contributed by atoms with Crippen LogP contribution >= 0.6 is 0 Å². The summed E-state index contributed by atoms with van der Waals surface area (Å²) in [6.07, 6.45) is 1.58. The maximum Gasteiger partial charge on any atom is 0.311 e. The monoisotopic (exact) mass is 258 g/mol. The zero-order valence-electron chi connectivity index (χ0n) is 9.60. The van der Waals surface area contributed by atoms with E-state index in [0.717, 1.165) is 0 Å². The fourth-order valence-corrected chi connectivity index (χ4v) is 1.57. The second kappa shape index (κ2) is 6.14. The molecule has 0 aliphatic carbocycles. The Morgan fingerprint density at radius 1 is 1.53 bits per heavy atom. The molecule has 0 saturated carbocycles. The molecule has 0 radical (unpaired) electrons. The van der Waals surface area contributed by atoms with Gasteiger partial charge in [0.15, 0.2) is 0 Å². The number of nitrogens with zero attached hydrogens (tertiary/aromatic N) is 2. The van der Waals surface area contributed by atoms with Gasteiger partial charge >= 0.3 is 5.69 Å². The summed E-state index contributed by atoms with van der Waals surface area (Å²) in [7, 11) is 0.740. The van der Waals surface area contributed by atoms with E-state index in [1.54, 1.807) is 13.3 Å². The van der Waals surface area contributed by atoms with Crippen LogP contribution < -0.4 is 10.6 Å². The SMILES string of the molecule is CNc1ccc([N+](=O)[O-])c(NCCS(C)=O)n1. The Morgan fingerprint density at radius 3 is 2.76 bits per heavy atom. The minimum absolute atomic E-state index is 0.0918. The Kier molecular flexibility index (Phi) is 4.83. The van der Waals surface area contributed by atoms with Crippen LogP contribution in [-0.4, -0.2) is 39.7 Å². The molecule has 7 nitrogen and oxygen atoms in total. The molecule has 2 N–H and O–H groups in total. The van der Waals surface area contributed by atoms with Crippen molar-refractivity contribution in [3.63, 3.8) is 0 Å². The molecule has 0 fully saturated rings. The summed E-state index contributed by atoms with van der Waals surface area (Å²) in [4.78, 5) is 14.3. The van der Waals surface area contributed by atoms with Gasteiger partial charge in [-0.25, -0.2) is 4.98 Å². The van der Waals surface area contributed by atoms with Crippen LogP contribution in [0.2, 0.25) is 0 Å². The van der Waals surface area contributed by atoms with Crippen LogP contribution in [0.15, 0.2) is 12.1 Å². The van der Waals surface area contributed by atoms with Gasteiger partial charge in [-0.2, -0.15) is 0 Å². The zero-order chi connectivity index (χ0) is 12.8. The largest absolute Gasteiger partial charge is 0.373 e. The molecule has 1 atom stereocenters. The van der Waals surface area contributed by atoms with Gasteiger partial charge in [0, 0.05) is 42.5 Å². The molecular weight excluding hydrogens is 244 g/mol. The van der Waals surface area contributed by atoms with Crippen molar-refractivity contribution < 1.29 is 9.13 Å². The summed E-state index contributed by atoms with van der Waals surface area (Å²) in [5, 5.41) is 16.4. The molecule has 1 aromatic rings. The number of nitrogens with one attached hydrogen (secondary N) is 2. The number of aromatic nitrogens is 1. The standard InChI is InChI=1S/C9H14N4O3S/c1-10-8-4-3-7(13(14)15)9(12-8)11-5-6-17(2)16/h3-4H,5-6H2,1-2H3,(H2,10,11,12). The van der Waals surface area contributed by atoms with Gasteiger partial charge in [0.1, 0.15) is 5.82 Å². The highest BCUT2D eigenvalue weighted by Crippen LogP contribution is 2.23. The highest BCUT2D eigenvalue weighted by atomic mass is 32.2. The second-order valence-electron chi connectivity index (χ2n) is 3.28. The highest BCUT2D eigenvalue weighted by Gasteiger charge is 2.15. The van der Waals surface area contributed by atoms with Crippen LogP contribution in [0.4, 0.5) is 17.3 Å². The molecule has 1 heterocycles. The third-order valence-corrected chi connectivity index (χ3v) is 2.79. The van der Waals surface area contributed by atoms with Crippen molar-refractivity contribution in [1.29, 1.82) is 0 Å². The number of anilines is 2. The summed E-state index contributed by atoms with van der Waals surface area (Å²) in [5.41, 5.74) is -0.0918. The van der Waals surface area contributed by atoms with Gasteiger partial charge in [0.2, 0.25) is 5.82 Å². The zero-order valence-corrected chi connectivity index (χ0v) is 10.4. The van der Waals surface area contributed by atoms with E-state index in [1.807, 2.05) is 0 Å². The minimum atomic E-state index is -0.939. The van der Waals surface area contributed by atoms with Gasteiger partial charge in [-0.3, -0.25) is 14.3 Å². The van der Waals surface area contributed by atoms with Gasteiger partial charge in [0.25, 0.3) is 0 Å². The molecule has 1 aromatic heterocycles. The Hall–Kier alpha value is -1.70. The van der Waals surface area contributed by atoms with Gasteiger partial charge in [0.05, 0.1) is 4.92 Å². The van der Waals surface area contributed by atoms with Crippen molar-refractivity contribution in [1.82, 2.24) is 4.98 Å². The number of hydrogen-bond donors (Lipinski definition) is 2. The topological polar surface area (TPSA) is 97.2 Å². The predicted octanol–water partition coefficient (Wildman–Crippen LogP) is 0.822. The third kappa shape index (κ3) is 3.99. The molecule has 1 unspecified atom stereocenters. The Labute approximate surface area is 101 Å². The lowest BCUT2D eigenvalue weighted by atomic mass is 10.3. The van der Waals surface area contributed by atoms with E-state index < -0.39 is 15.7 Å². The van der Waals surface area contributed by atoms with Crippen molar-refractivity contribution in [2.45, 2.75) is 0 Å². The summed E-state index contributed by atoms with van der Waals surface area (Å²) in [6.45, 7) is 0.379. The van der Waals surface area contributed by atoms with Crippen molar-refractivity contribution in [2.24, 2.45) is 0 Å². The first-order valence-electron chi connectivity index (χ1n) is 4.91. The van der Waals surface area contributed by atoms with Crippen molar-refractivity contribution >= 4 is 28.1 Å². The van der Waals surface area contributed by atoms with Crippen LogP contribution in [0, 0.1) is 10.1 Å². The van der Waals surface area contributed by atoms with Crippen LogP contribution in [-0.2, 0) is 10.8 Å². The quantitative estimate of drug-likeness (QED) is 0.579. The molecule has 0 spiro atoms. The molecule has 0 aliphatic rings. The minimum Gasteiger partial charge on any atom is -0.373 e. The molecule has 1 rings (SSSR count). The van der Waals surface area contributed by atoms with Gasteiger partial charge in [-0.15, -0.1) is 0 Å². The maximum atomic E-state index is 10.9. The fraction of sp³-hybridized carbons (Fsp3) is 0.444. The molecule has 0 aromatic carbocycles. The number of rotatable bonds is 6. The van der Waals surface area contributed by atoms with E-state index in [-0.39, 0.29) is 11.5 Å². The average Bonchev–Trinajstić information content (AvgIpc) is 2.28. The lowest BCUT2D eigenvalue weighted by molar-refractivity contribution is -0.384. The van der Waals surface area contributed by atoms with E-state index in [2.05, 4.69) is 15.6 Å². The summed E-state index contributed by atoms with van der Waals surface area (Å²) >= 11 is 0. The van der Waals surface area contributed by atoms with Crippen molar-refractivity contribution in [3.05, 3.63) is 22.2 Å². The van der Waals surface area contributed by atoms with Crippen LogP contribution in [0.1, 0.15) is 0 Å². The summed E-state index contributed by atoms with van der Waals surface area (Å²) in [6, 6.07) is 2.91. The molecular formula is C9H14N4O3S. The Morgan fingerprint density at radius 2 is 2.24 bits per heavy atom. The molecule has 0 aliphatic heterocycles. The first-order chi connectivity index (χ1) is 8.04. The molecule has 17 heavy (non-hydrogen) atoms. The lowest BCUT2D eigenvalue weighted by Crippen LogP contribution is -2.12. The number of nitro groups is 1. The van der Waals surface area contributed by atoms with E-state index in [0.29, 0.717) is 18.1 Å². The Bertz CT molecular complexity index is 438. The van der Waals surface area contributed by atoms with Crippen molar-refractivity contribution in [3.8, 4) is 0 Å². The van der Waals surface area contributed by atoms with Crippen LogP contribution in [0.3, 0.4) is 0 Å². The van der Waals surface area contributed by atoms with Gasteiger partial charge in [-0.1, -0.05) is 0 Å². The maximum absolute atomic E-state index is 10.9. The van der Waals surface area contributed by atoms with Crippen LogP contribution in [0.25, 0.3) is 0 Å². The van der Waals surface area contributed by atoms with Crippen molar-refractivity contribution in [2.75, 3.05) is 36.2 Å². The number of hydrogen-bond acceptors (Lipinski definition) is 6. The lowest BCUT2D eigenvalue weighted by Gasteiger charge is -2.07. The van der Waals surface area contributed by atoms with E-state index in [4.69, 9.17) is 0 Å². The van der Waals surface area contributed by atoms with Gasteiger partial charge < -0.3 is 10.6 Å². The first-order valence-corrected chi connectivity index (χ1v) is 6.64. The molecule has 8 heteroatoms. The predicted molar refractivity (Wildman–Crippen MR) is 67.9 cm³/mol. The Balaban J connectivity index is 2.85. The van der Waals surface area contributed by atoms with Gasteiger partial charge in [-0.05, 0) is 6.07 Å². The van der Waals surface area contributed by atoms with E-state index in [9.17, 15) is 14.3 Å². The molecule has 0 saturated heterocycles.